The first-order chi connectivity index (χ1) is 11.8. The Morgan fingerprint density at radius 2 is 1.72 bits per heavy atom. The summed E-state index contributed by atoms with van der Waals surface area (Å²) >= 11 is 6.80. The Kier molecular flexibility index (Phi) is 6.64. The van der Waals surface area contributed by atoms with Gasteiger partial charge in [-0.05, 0) is 91.1 Å². The fraction of sp³-hybridized carbons (Fsp3) is 0.286. The molecule has 0 saturated carbocycles. The number of hydrogen-bond donors (Lipinski definition) is 0. The molecule has 0 radical (unpaired) electrons. The van der Waals surface area contributed by atoms with Crippen LogP contribution in [0.5, 0.6) is 0 Å². The molecule has 0 aromatic heterocycles. The van der Waals surface area contributed by atoms with Crippen molar-refractivity contribution in [3.05, 3.63) is 78.9 Å². The molecule has 4 heteroatoms. The van der Waals surface area contributed by atoms with E-state index < -0.39 is 0 Å². The quantitative estimate of drug-likeness (QED) is 0.448. The summed E-state index contributed by atoms with van der Waals surface area (Å²) in [5.74, 6) is 0.0611. The summed E-state index contributed by atoms with van der Waals surface area (Å²) in [6.07, 6.45) is 12.3. The van der Waals surface area contributed by atoms with Crippen molar-refractivity contribution in [2.75, 3.05) is 7.11 Å². The summed E-state index contributed by atoms with van der Waals surface area (Å²) in [6.45, 7) is 8.46. The third-order valence-corrected chi connectivity index (χ3v) is 4.76. The van der Waals surface area contributed by atoms with Crippen LogP contribution >= 0.6 is 31.9 Å². The van der Waals surface area contributed by atoms with Gasteiger partial charge in [-0.2, -0.15) is 0 Å². The molecule has 2 rings (SSSR count). The monoisotopic (exact) mass is 464 g/mol. The SMILES string of the molecule is COC(=O)C1=C2C(C)=CC=C(C(C)C)C=C2C(C)=CC=C1C=C(Br)Br. The van der Waals surface area contributed by atoms with E-state index in [-0.39, 0.29) is 5.97 Å². The van der Waals surface area contributed by atoms with E-state index >= 15 is 0 Å². The standard InChI is InChI=1S/C21H22Br2O2/c1-12(2)15-8-7-14(4)19-17(10-15)13(3)6-9-16(11-18(22)23)20(19)21(24)25-5/h6-12H,1-5H3. The number of fused-ring (bicyclic) bond motifs is 1. The Morgan fingerprint density at radius 3 is 2.28 bits per heavy atom. The summed E-state index contributed by atoms with van der Waals surface area (Å²) in [5, 5.41) is 0. The Labute approximate surface area is 166 Å². The van der Waals surface area contributed by atoms with Gasteiger partial charge in [0, 0.05) is 0 Å². The highest BCUT2D eigenvalue weighted by Gasteiger charge is 2.26. The van der Waals surface area contributed by atoms with Gasteiger partial charge in [-0.15, -0.1) is 0 Å². The summed E-state index contributed by atoms with van der Waals surface area (Å²) < 4.78 is 5.88. The first kappa shape index (κ1) is 19.9. The van der Waals surface area contributed by atoms with E-state index in [2.05, 4.69) is 70.9 Å². The van der Waals surface area contributed by atoms with E-state index in [0.717, 1.165) is 31.3 Å². The van der Waals surface area contributed by atoms with Gasteiger partial charge >= 0.3 is 5.97 Å². The lowest BCUT2D eigenvalue weighted by molar-refractivity contribution is -0.135. The van der Waals surface area contributed by atoms with Crippen LogP contribution in [0.2, 0.25) is 0 Å². The molecule has 0 unspecified atom stereocenters. The maximum Gasteiger partial charge on any atom is 0.339 e. The molecule has 0 aliphatic heterocycles. The third-order valence-electron chi connectivity index (χ3n) is 4.30. The molecule has 0 N–H and O–H groups in total. The van der Waals surface area contributed by atoms with Gasteiger partial charge < -0.3 is 4.74 Å². The topological polar surface area (TPSA) is 26.3 Å². The Balaban J connectivity index is 2.87. The molecule has 0 aromatic carbocycles. The number of carbonyl (C=O) groups is 1. The third kappa shape index (κ3) is 4.42. The molecule has 0 saturated heterocycles. The van der Waals surface area contributed by atoms with Crippen LogP contribution < -0.4 is 0 Å². The van der Waals surface area contributed by atoms with E-state index in [0.29, 0.717) is 11.5 Å². The molecule has 0 spiro atoms. The fourth-order valence-electron chi connectivity index (χ4n) is 2.90. The van der Waals surface area contributed by atoms with Gasteiger partial charge in [-0.25, -0.2) is 4.79 Å². The van der Waals surface area contributed by atoms with Crippen LogP contribution in [-0.4, -0.2) is 13.1 Å². The molecule has 0 bridgehead atoms. The number of allylic oxidation sites excluding steroid dienone is 11. The van der Waals surface area contributed by atoms with Crippen LogP contribution in [0, 0.1) is 5.92 Å². The molecule has 25 heavy (non-hydrogen) atoms. The van der Waals surface area contributed by atoms with E-state index in [1.807, 2.05) is 25.2 Å². The van der Waals surface area contributed by atoms with Crippen LogP contribution in [0.25, 0.3) is 0 Å². The minimum atomic E-state index is -0.339. The molecule has 0 fully saturated rings. The van der Waals surface area contributed by atoms with Crippen molar-refractivity contribution in [2.45, 2.75) is 27.7 Å². The van der Waals surface area contributed by atoms with Crippen molar-refractivity contribution in [2.24, 2.45) is 5.92 Å². The normalized spacial score (nSPS) is 17.4. The molecular weight excluding hydrogens is 444 g/mol. The average molecular weight is 466 g/mol. The second kappa shape index (κ2) is 8.33. The van der Waals surface area contributed by atoms with Crippen molar-refractivity contribution in [3.8, 4) is 0 Å². The summed E-state index contributed by atoms with van der Waals surface area (Å²) in [6, 6.07) is 0. The summed E-state index contributed by atoms with van der Waals surface area (Å²) in [7, 11) is 1.42. The predicted octanol–water partition coefficient (Wildman–Crippen LogP) is 6.44. The number of rotatable bonds is 3. The molecule has 2 aliphatic rings. The highest BCUT2D eigenvalue weighted by atomic mass is 79.9. The fourth-order valence-corrected chi connectivity index (χ4v) is 3.39. The molecular formula is C21H22Br2O2. The van der Waals surface area contributed by atoms with Crippen molar-refractivity contribution >= 4 is 37.8 Å². The number of carbonyl (C=O) groups excluding carboxylic acids is 1. The van der Waals surface area contributed by atoms with E-state index in [1.165, 1.54) is 12.7 Å². The van der Waals surface area contributed by atoms with Gasteiger partial charge in [0.05, 0.1) is 16.1 Å². The minimum absolute atomic E-state index is 0.339. The zero-order valence-electron chi connectivity index (χ0n) is 15.1. The molecule has 2 aliphatic carbocycles. The first-order valence-electron chi connectivity index (χ1n) is 8.11. The van der Waals surface area contributed by atoms with Crippen molar-refractivity contribution in [3.63, 3.8) is 0 Å². The highest BCUT2D eigenvalue weighted by molar-refractivity contribution is 9.28. The lowest BCUT2D eigenvalue weighted by Crippen LogP contribution is -2.11. The maximum absolute atomic E-state index is 12.7. The Bertz CT molecular complexity index is 809. The predicted molar refractivity (Wildman–Crippen MR) is 112 cm³/mol. The van der Waals surface area contributed by atoms with E-state index in [1.54, 1.807) is 0 Å². The largest absolute Gasteiger partial charge is 0.465 e. The molecule has 0 atom stereocenters. The van der Waals surface area contributed by atoms with E-state index in [4.69, 9.17) is 4.74 Å². The van der Waals surface area contributed by atoms with Crippen LogP contribution in [0.3, 0.4) is 0 Å². The van der Waals surface area contributed by atoms with Gasteiger partial charge in [0.25, 0.3) is 0 Å². The van der Waals surface area contributed by atoms with Crippen LogP contribution in [0.4, 0.5) is 0 Å². The number of hydrogen-bond acceptors (Lipinski definition) is 2. The number of esters is 1. The second-order valence-electron chi connectivity index (χ2n) is 6.38. The maximum atomic E-state index is 12.7. The van der Waals surface area contributed by atoms with Crippen molar-refractivity contribution in [1.29, 1.82) is 0 Å². The zero-order chi connectivity index (χ0) is 18.7. The summed E-state index contributed by atoms with van der Waals surface area (Å²) in [5.41, 5.74) is 6.76. The molecule has 0 aromatic rings. The Morgan fingerprint density at radius 1 is 1.08 bits per heavy atom. The molecule has 0 heterocycles. The Hall–Kier alpha value is -1.39. The van der Waals surface area contributed by atoms with Crippen LogP contribution in [0.15, 0.2) is 78.9 Å². The smallest absolute Gasteiger partial charge is 0.339 e. The van der Waals surface area contributed by atoms with Crippen LogP contribution in [-0.2, 0) is 9.53 Å². The lowest BCUT2D eigenvalue weighted by atomic mass is 9.87. The van der Waals surface area contributed by atoms with Gasteiger partial charge in [-0.1, -0.05) is 44.2 Å². The van der Waals surface area contributed by atoms with Gasteiger partial charge in [0.2, 0.25) is 0 Å². The number of halogens is 2. The van der Waals surface area contributed by atoms with Gasteiger partial charge in [0.1, 0.15) is 0 Å². The molecule has 2 nitrogen and oxygen atoms in total. The van der Waals surface area contributed by atoms with Crippen LogP contribution in [0.1, 0.15) is 27.7 Å². The zero-order valence-corrected chi connectivity index (χ0v) is 18.3. The first-order valence-corrected chi connectivity index (χ1v) is 9.70. The van der Waals surface area contributed by atoms with Gasteiger partial charge in [-0.3, -0.25) is 0 Å². The van der Waals surface area contributed by atoms with Crippen molar-refractivity contribution < 1.29 is 9.53 Å². The number of ether oxygens (including phenoxy) is 1. The van der Waals surface area contributed by atoms with E-state index in [9.17, 15) is 4.79 Å². The second-order valence-corrected chi connectivity index (χ2v) is 9.15. The minimum Gasteiger partial charge on any atom is -0.465 e. The molecule has 132 valence electrons. The van der Waals surface area contributed by atoms with Gasteiger partial charge in [0.15, 0.2) is 0 Å². The number of methoxy groups -OCH3 is 1. The molecule has 0 amide bonds. The lowest BCUT2D eigenvalue weighted by Gasteiger charge is -2.17. The highest BCUT2D eigenvalue weighted by Crippen LogP contribution is 2.38. The average Bonchev–Trinajstić information content (AvgIpc) is 2.79. The summed E-state index contributed by atoms with van der Waals surface area (Å²) in [4.78, 5) is 12.7. The van der Waals surface area contributed by atoms with Crippen molar-refractivity contribution in [1.82, 2.24) is 0 Å².